The van der Waals surface area contributed by atoms with Crippen molar-refractivity contribution in [2.75, 3.05) is 0 Å². The van der Waals surface area contributed by atoms with Crippen LogP contribution in [0.5, 0.6) is 0 Å². The van der Waals surface area contributed by atoms with Crippen LogP contribution in [0.1, 0.15) is 31.5 Å². The molecule has 17 heavy (non-hydrogen) atoms. The molecule has 0 fully saturated rings. The molecular formula is C12H19N3O2. The van der Waals surface area contributed by atoms with Gasteiger partial charge in [-0.1, -0.05) is 19.0 Å². The predicted molar refractivity (Wildman–Crippen MR) is 67.4 cm³/mol. The van der Waals surface area contributed by atoms with Gasteiger partial charge < -0.3 is 15.5 Å². The van der Waals surface area contributed by atoms with Crippen LogP contribution in [0.4, 0.5) is 0 Å². The number of pyridine rings is 1. The van der Waals surface area contributed by atoms with Crippen molar-refractivity contribution < 1.29 is 5.21 Å². The SMILES string of the molecule is Cc1ccc(/C(N)=N/O)c(=O)n1CCC(C)C. The number of nitrogens with two attached hydrogens (primary N) is 1. The Morgan fingerprint density at radius 2 is 2.18 bits per heavy atom. The van der Waals surface area contributed by atoms with Crippen molar-refractivity contribution >= 4 is 5.84 Å². The first-order chi connectivity index (χ1) is 7.97. The van der Waals surface area contributed by atoms with Gasteiger partial charge in [-0.25, -0.2) is 0 Å². The van der Waals surface area contributed by atoms with Gasteiger partial charge in [-0.3, -0.25) is 4.79 Å². The summed E-state index contributed by atoms with van der Waals surface area (Å²) in [6.07, 6.45) is 0.917. The van der Waals surface area contributed by atoms with E-state index in [4.69, 9.17) is 10.9 Å². The third-order valence-electron chi connectivity index (χ3n) is 2.71. The maximum Gasteiger partial charge on any atom is 0.261 e. The monoisotopic (exact) mass is 237 g/mol. The maximum absolute atomic E-state index is 12.1. The smallest absolute Gasteiger partial charge is 0.261 e. The van der Waals surface area contributed by atoms with Gasteiger partial charge in [0.2, 0.25) is 0 Å². The Balaban J connectivity index is 3.16. The van der Waals surface area contributed by atoms with E-state index in [0.29, 0.717) is 12.5 Å². The van der Waals surface area contributed by atoms with Crippen molar-refractivity contribution in [2.24, 2.45) is 16.8 Å². The molecule has 5 nitrogen and oxygen atoms in total. The van der Waals surface area contributed by atoms with Gasteiger partial charge in [0.1, 0.15) is 0 Å². The second kappa shape index (κ2) is 5.52. The highest BCUT2D eigenvalue weighted by Gasteiger charge is 2.10. The highest BCUT2D eigenvalue weighted by molar-refractivity contribution is 5.96. The Morgan fingerprint density at radius 1 is 1.53 bits per heavy atom. The molecule has 1 heterocycles. The van der Waals surface area contributed by atoms with Crippen molar-refractivity contribution in [1.82, 2.24) is 4.57 Å². The van der Waals surface area contributed by atoms with Crippen molar-refractivity contribution in [1.29, 1.82) is 0 Å². The molecule has 3 N–H and O–H groups in total. The Hall–Kier alpha value is -1.78. The lowest BCUT2D eigenvalue weighted by atomic mass is 10.1. The molecule has 0 atom stereocenters. The molecule has 0 spiro atoms. The molecule has 0 aliphatic heterocycles. The lowest BCUT2D eigenvalue weighted by Crippen LogP contribution is -2.31. The predicted octanol–water partition coefficient (Wildman–Crippen LogP) is 1.30. The van der Waals surface area contributed by atoms with Gasteiger partial charge >= 0.3 is 0 Å². The Labute approximate surface area is 101 Å². The summed E-state index contributed by atoms with van der Waals surface area (Å²) in [7, 11) is 0. The van der Waals surface area contributed by atoms with E-state index in [-0.39, 0.29) is 17.0 Å². The molecule has 0 radical (unpaired) electrons. The van der Waals surface area contributed by atoms with E-state index in [1.807, 2.05) is 6.92 Å². The molecule has 0 bridgehead atoms. The first kappa shape index (κ1) is 13.3. The molecule has 0 saturated heterocycles. The zero-order valence-electron chi connectivity index (χ0n) is 10.5. The van der Waals surface area contributed by atoms with Crippen molar-refractivity contribution in [3.63, 3.8) is 0 Å². The fraction of sp³-hybridized carbons (Fsp3) is 0.500. The van der Waals surface area contributed by atoms with Crippen LogP contribution in [-0.2, 0) is 6.54 Å². The number of oxime groups is 1. The van der Waals surface area contributed by atoms with Crippen LogP contribution >= 0.6 is 0 Å². The summed E-state index contributed by atoms with van der Waals surface area (Å²) < 4.78 is 1.66. The number of amidine groups is 1. The first-order valence-corrected chi connectivity index (χ1v) is 5.65. The summed E-state index contributed by atoms with van der Waals surface area (Å²) in [5.41, 5.74) is 6.37. The zero-order valence-corrected chi connectivity index (χ0v) is 10.5. The second-order valence-electron chi connectivity index (χ2n) is 4.51. The minimum absolute atomic E-state index is 0.145. The van der Waals surface area contributed by atoms with E-state index >= 15 is 0 Å². The topological polar surface area (TPSA) is 80.6 Å². The molecule has 0 aromatic carbocycles. The van der Waals surface area contributed by atoms with E-state index in [2.05, 4.69) is 19.0 Å². The van der Waals surface area contributed by atoms with Crippen molar-refractivity contribution in [2.45, 2.75) is 33.7 Å². The van der Waals surface area contributed by atoms with Gasteiger partial charge in [0.05, 0.1) is 5.56 Å². The van der Waals surface area contributed by atoms with Crippen LogP contribution in [0.25, 0.3) is 0 Å². The number of hydrogen-bond donors (Lipinski definition) is 2. The average Bonchev–Trinajstić information content (AvgIpc) is 2.27. The lowest BCUT2D eigenvalue weighted by Gasteiger charge is -2.12. The minimum atomic E-state index is -0.207. The molecule has 94 valence electrons. The maximum atomic E-state index is 12.1. The molecule has 0 unspecified atom stereocenters. The van der Waals surface area contributed by atoms with Crippen molar-refractivity contribution in [3.8, 4) is 0 Å². The largest absolute Gasteiger partial charge is 0.409 e. The summed E-state index contributed by atoms with van der Waals surface area (Å²) in [4.78, 5) is 12.1. The molecule has 1 aromatic heterocycles. The van der Waals surface area contributed by atoms with E-state index in [1.165, 1.54) is 0 Å². The highest BCUT2D eigenvalue weighted by atomic mass is 16.4. The van der Waals surface area contributed by atoms with Gasteiger partial charge in [0.25, 0.3) is 5.56 Å². The summed E-state index contributed by atoms with van der Waals surface area (Å²) in [5.74, 6) is 0.377. The fourth-order valence-corrected chi connectivity index (χ4v) is 1.58. The van der Waals surface area contributed by atoms with Gasteiger partial charge in [0.15, 0.2) is 5.84 Å². The summed E-state index contributed by atoms with van der Waals surface area (Å²) in [6, 6.07) is 3.38. The summed E-state index contributed by atoms with van der Waals surface area (Å²) in [5, 5.41) is 11.5. The molecule has 5 heteroatoms. The van der Waals surface area contributed by atoms with Gasteiger partial charge in [-0.05, 0) is 31.4 Å². The van der Waals surface area contributed by atoms with E-state index < -0.39 is 0 Å². The molecule has 0 saturated carbocycles. The third-order valence-corrected chi connectivity index (χ3v) is 2.71. The second-order valence-corrected chi connectivity index (χ2v) is 4.51. The van der Waals surface area contributed by atoms with Gasteiger partial charge in [0, 0.05) is 12.2 Å². The van der Waals surface area contributed by atoms with Crippen LogP contribution in [0.15, 0.2) is 22.1 Å². The van der Waals surface area contributed by atoms with Gasteiger partial charge in [-0.15, -0.1) is 0 Å². The van der Waals surface area contributed by atoms with E-state index in [9.17, 15) is 4.79 Å². The average molecular weight is 237 g/mol. The Morgan fingerprint density at radius 3 is 2.71 bits per heavy atom. The fourth-order valence-electron chi connectivity index (χ4n) is 1.58. The number of rotatable bonds is 4. The Bertz CT molecular complexity index is 475. The van der Waals surface area contributed by atoms with Crippen LogP contribution in [0.3, 0.4) is 0 Å². The van der Waals surface area contributed by atoms with Crippen LogP contribution in [0.2, 0.25) is 0 Å². The van der Waals surface area contributed by atoms with Crippen molar-refractivity contribution in [3.05, 3.63) is 33.7 Å². The summed E-state index contributed by atoms with van der Waals surface area (Å²) >= 11 is 0. The number of hydrogen-bond acceptors (Lipinski definition) is 3. The minimum Gasteiger partial charge on any atom is -0.409 e. The number of aromatic nitrogens is 1. The normalized spacial score (nSPS) is 12.1. The number of nitrogens with zero attached hydrogens (tertiary/aromatic N) is 2. The lowest BCUT2D eigenvalue weighted by molar-refractivity contribution is 0.318. The quantitative estimate of drug-likeness (QED) is 0.358. The molecule has 1 aromatic rings. The third kappa shape index (κ3) is 3.09. The van der Waals surface area contributed by atoms with E-state index in [0.717, 1.165) is 12.1 Å². The zero-order chi connectivity index (χ0) is 13.0. The van der Waals surface area contributed by atoms with Crippen LogP contribution in [-0.4, -0.2) is 15.6 Å². The molecule has 0 aliphatic carbocycles. The van der Waals surface area contributed by atoms with Gasteiger partial charge in [-0.2, -0.15) is 0 Å². The molecule has 1 rings (SSSR count). The summed E-state index contributed by atoms with van der Waals surface area (Å²) in [6.45, 7) is 6.73. The highest BCUT2D eigenvalue weighted by Crippen LogP contribution is 2.04. The molecule has 0 aliphatic rings. The van der Waals surface area contributed by atoms with E-state index in [1.54, 1.807) is 16.7 Å². The molecular weight excluding hydrogens is 218 g/mol. The van der Waals surface area contributed by atoms with Crippen LogP contribution in [0, 0.1) is 12.8 Å². The standard InChI is InChI=1S/C12H19N3O2/c1-8(2)6-7-15-9(3)4-5-10(12(15)16)11(13)14-17/h4-5,8,17H,6-7H2,1-3H3,(H2,13,14). The molecule has 0 amide bonds. The number of aryl methyl sites for hydroxylation is 1. The Kier molecular flexibility index (Phi) is 4.31. The van der Waals surface area contributed by atoms with Crippen LogP contribution < -0.4 is 11.3 Å². The first-order valence-electron chi connectivity index (χ1n) is 5.65.